The molecule has 0 radical (unpaired) electrons. The lowest BCUT2D eigenvalue weighted by Gasteiger charge is -2.17. The minimum Gasteiger partial charge on any atom is -0.198 e. The molecule has 0 spiro atoms. The van der Waals surface area contributed by atoms with Gasteiger partial charge in [-0.25, -0.2) is 0 Å². The van der Waals surface area contributed by atoms with E-state index in [1.54, 1.807) is 0 Å². The van der Waals surface area contributed by atoms with Crippen LogP contribution in [0.2, 0.25) is 0 Å². The van der Waals surface area contributed by atoms with Crippen molar-refractivity contribution in [1.82, 2.24) is 0 Å². The van der Waals surface area contributed by atoms with Crippen molar-refractivity contribution < 1.29 is 0 Å². The predicted molar refractivity (Wildman–Crippen MR) is 58.9 cm³/mol. The van der Waals surface area contributed by atoms with Gasteiger partial charge in [-0.2, -0.15) is 5.26 Å². The molecule has 0 atom stereocenters. The predicted octanol–water partition coefficient (Wildman–Crippen LogP) is 3.34. The lowest BCUT2D eigenvalue weighted by atomic mass is 9.88. The van der Waals surface area contributed by atoms with Crippen LogP contribution in [0.3, 0.4) is 0 Å². The van der Waals surface area contributed by atoms with Gasteiger partial charge in [0.2, 0.25) is 0 Å². The summed E-state index contributed by atoms with van der Waals surface area (Å²) in [5.41, 5.74) is 2.78. The summed E-state index contributed by atoms with van der Waals surface area (Å²) in [7, 11) is 0. The highest BCUT2D eigenvalue weighted by Crippen LogP contribution is 2.20. The van der Waals surface area contributed by atoms with E-state index in [1.165, 1.54) is 5.56 Å². The molecule has 0 saturated carbocycles. The molecule has 74 valence electrons. The molecular formula is C13H17N. The number of nitriles is 1. The van der Waals surface area contributed by atoms with Gasteiger partial charge < -0.3 is 0 Å². The molecule has 0 fully saturated rings. The van der Waals surface area contributed by atoms with E-state index >= 15 is 0 Å². The van der Waals surface area contributed by atoms with E-state index < -0.39 is 0 Å². The van der Waals surface area contributed by atoms with Crippen LogP contribution in [0.15, 0.2) is 24.3 Å². The maximum Gasteiger partial charge on any atom is 0.0669 e. The van der Waals surface area contributed by atoms with Gasteiger partial charge in [-0.3, -0.25) is 0 Å². The first-order chi connectivity index (χ1) is 6.51. The van der Waals surface area contributed by atoms with Gasteiger partial charge >= 0.3 is 0 Å². The van der Waals surface area contributed by atoms with Crippen molar-refractivity contribution in [3.63, 3.8) is 0 Å². The average molecular weight is 187 g/mol. The zero-order valence-electron chi connectivity index (χ0n) is 9.17. The Morgan fingerprint density at radius 2 is 1.57 bits per heavy atom. The summed E-state index contributed by atoms with van der Waals surface area (Å²) in [6.07, 6.45) is 1.59. The summed E-state index contributed by atoms with van der Waals surface area (Å²) in [5, 5.41) is 8.53. The van der Waals surface area contributed by atoms with E-state index in [0.717, 1.165) is 12.0 Å². The van der Waals surface area contributed by atoms with Crippen molar-refractivity contribution in [3.05, 3.63) is 35.4 Å². The molecular weight excluding hydrogens is 170 g/mol. The molecule has 1 heteroatoms. The number of hydrogen-bond acceptors (Lipinski definition) is 1. The van der Waals surface area contributed by atoms with Crippen LogP contribution in [-0.4, -0.2) is 0 Å². The van der Waals surface area contributed by atoms with Crippen LogP contribution in [0.1, 0.15) is 31.9 Å². The standard InChI is InChI=1S/C13H17N/c1-13(2,3)10-12-6-4-11(5-7-12)8-9-14/h4-7H,8,10H2,1-3H3. The highest BCUT2D eigenvalue weighted by molar-refractivity contribution is 5.25. The first kappa shape index (κ1) is 10.8. The molecule has 0 aliphatic rings. The van der Waals surface area contributed by atoms with Crippen LogP contribution in [-0.2, 0) is 12.8 Å². The first-order valence-corrected chi connectivity index (χ1v) is 4.96. The van der Waals surface area contributed by atoms with Crippen molar-refractivity contribution >= 4 is 0 Å². The molecule has 0 amide bonds. The molecule has 0 aromatic heterocycles. The smallest absolute Gasteiger partial charge is 0.0669 e. The second-order valence-corrected chi connectivity index (χ2v) is 4.89. The zero-order valence-corrected chi connectivity index (χ0v) is 9.17. The van der Waals surface area contributed by atoms with Crippen molar-refractivity contribution in [1.29, 1.82) is 5.26 Å². The van der Waals surface area contributed by atoms with Crippen molar-refractivity contribution in [2.75, 3.05) is 0 Å². The molecule has 0 N–H and O–H groups in total. The van der Waals surface area contributed by atoms with Gasteiger partial charge in [0, 0.05) is 0 Å². The van der Waals surface area contributed by atoms with Gasteiger partial charge in [0.25, 0.3) is 0 Å². The van der Waals surface area contributed by atoms with Crippen LogP contribution in [0.4, 0.5) is 0 Å². The Morgan fingerprint density at radius 3 is 2.00 bits per heavy atom. The van der Waals surface area contributed by atoms with Gasteiger partial charge in [0.1, 0.15) is 0 Å². The van der Waals surface area contributed by atoms with Crippen LogP contribution in [0, 0.1) is 16.7 Å². The SMILES string of the molecule is CC(C)(C)Cc1ccc(CC#N)cc1. The average Bonchev–Trinajstić information content (AvgIpc) is 2.06. The maximum atomic E-state index is 8.53. The quantitative estimate of drug-likeness (QED) is 0.696. The molecule has 0 heterocycles. The number of nitrogens with zero attached hydrogens (tertiary/aromatic N) is 1. The lowest BCUT2D eigenvalue weighted by molar-refractivity contribution is 0.411. The molecule has 0 unspecified atom stereocenters. The minimum absolute atomic E-state index is 0.330. The molecule has 1 aromatic carbocycles. The molecule has 0 saturated heterocycles. The highest BCUT2D eigenvalue weighted by atomic mass is 14.2. The molecule has 14 heavy (non-hydrogen) atoms. The van der Waals surface area contributed by atoms with E-state index in [1.807, 2.05) is 12.1 Å². The summed E-state index contributed by atoms with van der Waals surface area (Å²) in [6, 6.07) is 10.5. The van der Waals surface area contributed by atoms with Crippen molar-refractivity contribution in [2.45, 2.75) is 33.6 Å². The molecule has 0 aliphatic heterocycles. The Kier molecular flexibility index (Phi) is 3.30. The molecule has 1 nitrogen and oxygen atoms in total. The number of hydrogen-bond donors (Lipinski definition) is 0. The summed E-state index contributed by atoms with van der Waals surface area (Å²) in [6.45, 7) is 6.70. The number of rotatable bonds is 2. The Morgan fingerprint density at radius 1 is 1.07 bits per heavy atom. The van der Waals surface area contributed by atoms with E-state index in [2.05, 4.69) is 39.0 Å². The summed E-state index contributed by atoms with van der Waals surface area (Å²) in [4.78, 5) is 0. The first-order valence-electron chi connectivity index (χ1n) is 4.96. The summed E-state index contributed by atoms with van der Waals surface area (Å²) < 4.78 is 0. The Balaban J connectivity index is 2.70. The fourth-order valence-corrected chi connectivity index (χ4v) is 1.48. The fourth-order valence-electron chi connectivity index (χ4n) is 1.48. The monoisotopic (exact) mass is 187 g/mol. The van der Waals surface area contributed by atoms with E-state index in [4.69, 9.17) is 5.26 Å². The Bertz CT molecular complexity index is 322. The largest absolute Gasteiger partial charge is 0.198 e. The Hall–Kier alpha value is -1.29. The van der Waals surface area contributed by atoms with Crippen molar-refractivity contribution in [3.8, 4) is 6.07 Å². The molecule has 0 bridgehead atoms. The van der Waals surface area contributed by atoms with Gasteiger partial charge in [0.15, 0.2) is 0 Å². The van der Waals surface area contributed by atoms with E-state index in [0.29, 0.717) is 11.8 Å². The van der Waals surface area contributed by atoms with Crippen LogP contribution in [0.25, 0.3) is 0 Å². The van der Waals surface area contributed by atoms with E-state index in [9.17, 15) is 0 Å². The third-order valence-corrected chi connectivity index (χ3v) is 2.04. The second-order valence-electron chi connectivity index (χ2n) is 4.89. The van der Waals surface area contributed by atoms with Crippen LogP contribution < -0.4 is 0 Å². The van der Waals surface area contributed by atoms with Crippen LogP contribution in [0.5, 0.6) is 0 Å². The van der Waals surface area contributed by atoms with Gasteiger partial charge in [-0.05, 0) is 23.0 Å². The highest BCUT2D eigenvalue weighted by Gasteiger charge is 2.10. The topological polar surface area (TPSA) is 23.8 Å². The summed E-state index contributed by atoms with van der Waals surface area (Å²) >= 11 is 0. The van der Waals surface area contributed by atoms with Crippen molar-refractivity contribution in [2.24, 2.45) is 5.41 Å². The third kappa shape index (κ3) is 3.62. The lowest BCUT2D eigenvalue weighted by Crippen LogP contribution is -2.08. The van der Waals surface area contributed by atoms with Gasteiger partial charge in [0.05, 0.1) is 12.5 Å². The normalized spacial score (nSPS) is 11.0. The zero-order chi connectivity index (χ0) is 10.6. The maximum absolute atomic E-state index is 8.53. The molecule has 1 rings (SSSR count). The fraction of sp³-hybridized carbons (Fsp3) is 0.462. The van der Waals surface area contributed by atoms with Gasteiger partial charge in [-0.1, -0.05) is 45.0 Å². The molecule has 0 aliphatic carbocycles. The Labute approximate surface area is 86.4 Å². The van der Waals surface area contributed by atoms with Gasteiger partial charge in [-0.15, -0.1) is 0 Å². The van der Waals surface area contributed by atoms with Crippen LogP contribution >= 0.6 is 0 Å². The molecule has 1 aromatic rings. The second kappa shape index (κ2) is 4.28. The number of benzene rings is 1. The van der Waals surface area contributed by atoms with E-state index in [-0.39, 0.29) is 0 Å². The third-order valence-electron chi connectivity index (χ3n) is 2.04. The summed E-state index contributed by atoms with van der Waals surface area (Å²) in [5.74, 6) is 0. The minimum atomic E-state index is 0.330.